The second-order valence-corrected chi connectivity index (χ2v) is 7.09. The Kier molecular flexibility index (Phi) is 5.23. The molecule has 0 spiro atoms. The van der Waals surface area contributed by atoms with E-state index in [0.29, 0.717) is 11.1 Å². The molecule has 1 amide bonds. The third-order valence-electron chi connectivity index (χ3n) is 4.39. The van der Waals surface area contributed by atoms with Gasteiger partial charge >= 0.3 is 5.97 Å². The minimum Gasteiger partial charge on any atom is -0.450 e. The second kappa shape index (κ2) is 7.38. The van der Waals surface area contributed by atoms with Gasteiger partial charge in [0, 0.05) is 21.5 Å². The summed E-state index contributed by atoms with van der Waals surface area (Å²) in [5.74, 6) is -0.723. The second-order valence-electron chi connectivity index (χ2n) is 6.18. The average Bonchev–Trinajstić information content (AvgIpc) is 2.90. The predicted octanol–water partition coefficient (Wildman–Crippen LogP) is 4.11. The summed E-state index contributed by atoms with van der Waals surface area (Å²) in [7, 11) is 0. The zero-order chi connectivity index (χ0) is 17.1. The molecule has 1 N–H and O–H groups in total. The van der Waals surface area contributed by atoms with Crippen LogP contribution in [0.1, 0.15) is 48.2 Å². The van der Waals surface area contributed by atoms with E-state index in [-0.39, 0.29) is 24.3 Å². The van der Waals surface area contributed by atoms with Crippen molar-refractivity contribution in [2.45, 2.75) is 45.1 Å². The summed E-state index contributed by atoms with van der Waals surface area (Å²) in [4.78, 5) is 24.1. The maximum atomic E-state index is 12.2. The minimum absolute atomic E-state index is 0.147. The summed E-state index contributed by atoms with van der Waals surface area (Å²) in [5, 5.41) is 3.77. The predicted molar refractivity (Wildman–Crippen MR) is 93.9 cm³/mol. The van der Waals surface area contributed by atoms with Crippen LogP contribution in [0.5, 0.6) is 0 Å². The number of carbonyl (C=O) groups excluding carboxylic acids is 2. The molecule has 2 aromatic rings. The maximum absolute atomic E-state index is 12.2. The molecule has 0 aliphatic heterocycles. The number of halogens is 1. The normalized spacial score (nSPS) is 15.4. The van der Waals surface area contributed by atoms with Crippen molar-refractivity contribution in [2.75, 3.05) is 6.61 Å². The Labute approximate surface area is 148 Å². The summed E-state index contributed by atoms with van der Waals surface area (Å²) in [6.07, 6.45) is 5.49. The Balaban J connectivity index is 1.60. The minimum atomic E-state index is -0.612. The van der Waals surface area contributed by atoms with Crippen molar-refractivity contribution in [3.05, 3.63) is 34.0 Å². The Bertz CT molecular complexity index is 762. The lowest BCUT2D eigenvalue weighted by Gasteiger charge is -2.22. The Morgan fingerprint density at radius 2 is 2.04 bits per heavy atom. The van der Waals surface area contributed by atoms with Gasteiger partial charge in [0.2, 0.25) is 5.76 Å². The first-order valence-electron chi connectivity index (χ1n) is 8.20. The number of fused-ring (bicyclic) bond motifs is 1. The number of esters is 1. The zero-order valence-corrected chi connectivity index (χ0v) is 15.1. The topological polar surface area (TPSA) is 68.5 Å². The van der Waals surface area contributed by atoms with Crippen LogP contribution in [0.3, 0.4) is 0 Å². The number of hydrogen-bond donors (Lipinski definition) is 1. The van der Waals surface area contributed by atoms with Gasteiger partial charge in [-0.25, -0.2) is 4.79 Å². The standard InChI is InChI=1S/C18H20BrNO4/c1-11-14-9-12(19)7-8-15(14)24-17(11)18(22)23-10-16(21)20-13-5-3-2-4-6-13/h7-9,13H,2-6,10H2,1H3,(H,20,21). The molecule has 5 nitrogen and oxygen atoms in total. The number of benzene rings is 1. The fraction of sp³-hybridized carbons (Fsp3) is 0.444. The van der Waals surface area contributed by atoms with Crippen molar-refractivity contribution in [1.29, 1.82) is 0 Å². The number of rotatable bonds is 4. The first-order valence-corrected chi connectivity index (χ1v) is 8.99. The van der Waals surface area contributed by atoms with Crippen molar-refractivity contribution in [3.63, 3.8) is 0 Å². The van der Waals surface area contributed by atoms with Gasteiger partial charge in [0.05, 0.1) is 0 Å². The van der Waals surface area contributed by atoms with E-state index < -0.39 is 5.97 Å². The monoisotopic (exact) mass is 393 g/mol. The number of ether oxygens (including phenoxy) is 1. The van der Waals surface area contributed by atoms with E-state index in [0.717, 1.165) is 35.5 Å². The van der Waals surface area contributed by atoms with Gasteiger partial charge in [0.1, 0.15) is 5.58 Å². The molecule has 0 bridgehead atoms. The fourth-order valence-corrected chi connectivity index (χ4v) is 3.46. The van der Waals surface area contributed by atoms with Crippen LogP contribution in [0.4, 0.5) is 0 Å². The third kappa shape index (κ3) is 3.80. The molecule has 1 heterocycles. The van der Waals surface area contributed by atoms with Crippen molar-refractivity contribution >= 4 is 38.8 Å². The van der Waals surface area contributed by atoms with Crippen LogP contribution in [-0.2, 0) is 9.53 Å². The van der Waals surface area contributed by atoms with Crippen molar-refractivity contribution < 1.29 is 18.7 Å². The summed E-state index contributed by atoms with van der Waals surface area (Å²) in [5.41, 5.74) is 1.33. The zero-order valence-electron chi connectivity index (χ0n) is 13.6. The molecule has 1 aromatic heterocycles. The number of hydrogen-bond acceptors (Lipinski definition) is 4. The molecule has 0 unspecified atom stereocenters. The van der Waals surface area contributed by atoms with E-state index in [1.807, 2.05) is 12.1 Å². The summed E-state index contributed by atoms with van der Waals surface area (Å²) < 4.78 is 11.6. The van der Waals surface area contributed by atoms with E-state index in [9.17, 15) is 9.59 Å². The van der Waals surface area contributed by atoms with Crippen molar-refractivity contribution in [3.8, 4) is 0 Å². The number of carbonyl (C=O) groups is 2. The lowest BCUT2D eigenvalue weighted by atomic mass is 9.95. The lowest BCUT2D eigenvalue weighted by Crippen LogP contribution is -2.38. The Morgan fingerprint density at radius 1 is 1.29 bits per heavy atom. The molecule has 6 heteroatoms. The van der Waals surface area contributed by atoms with Crippen molar-refractivity contribution in [1.82, 2.24) is 5.32 Å². The Hall–Kier alpha value is -1.82. The van der Waals surface area contributed by atoms with E-state index in [1.165, 1.54) is 6.42 Å². The number of aryl methyl sites for hydroxylation is 1. The highest BCUT2D eigenvalue weighted by molar-refractivity contribution is 9.10. The van der Waals surface area contributed by atoms with Crippen LogP contribution in [0.2, 0.25) is 0 Å². The molecule has 1 aliphatic carbocycles. The average molecular weight is 394 g/mol. The molecule has 0 radical (unpaired) electrons. The van der Waals surface area contributed by atoms with Gasteiger partial charge in [-0.3, -0.25) is 4.79 Å². The first-order chi connectivity index (χ1) is 11.5. The van der Waals surface area contributed by atoms with Gasteiger partial charge in [-0.1, -0.05) is 35.2 Å². The first kappa shape index (κ1) is 17.0. The van der Waals surface area contributed by atoms with Crippen LogP contribution in [-0.4, -0.2) is 24.5 Å². The van der Waals surface area contributed by atoms with Gasteiger partial charge in [-0.15, -0.1) is 0 Å². The molecule has 128 valence electrons. The number of furan rings is 1. The molecular weight excluding hydrogens is 374 g/mol. The molecular formula is C18H20BrNO4. The van der Waals surface area contributed by atoms with E-state index in [4.69, 9.17) is 9.15 Å². The molecule has 1 fully saturated rings. The summed E-state index contributed by atoms with van der Waals surface area (Å²) in [6.45, 7) is 1.52. The van der Waals surface area contributed by atoms with E-state index >= 15 is 0 Å². The largest absolute Gasteiger partial charge is 0.450 e. The smallest absolute Gasteiger partial charge is 0.375 e. The highest BCUT2D eigenvalue weighted by atomic mass is 79.9. The molecule has 1 aromatic carbocycles. The lowest BCUT2D eigenvalue weighted by molar-refractivity contribution is -0.125. The third-order valence-corrected chi connectivity index (χ3v) is 4.88. The van der Waals surface area contributed by atoms with Crippen LogP contribution in [0.15, 0.2) is 27.1 Å². The summed E-state index contributed by atoms with van der Waals surface area (Å²) in [6, 6.07) is 5.73. The molecule has 0 saturated heterocycles. The van der Waals surface area contributed by atoms with Crippen LogP contribution in [0, 0.1) is 6.92 Å². The highest BCUT2D eigenvalue weighted by Crippen LogP contribution is 2.28. The van der Waals surface area contributed by atoms with Gasteiger partial charge in [-0.2, -0.15) is 0 Å². The van der Waals surface area contributed by atoms with Crippen molar-refractivity contribution in [2.24, 2.45) is 0 Å². The van der Waals surface area contributed by atoms with Crippen LogP contribution >= 0.6 is 15.9 Å². The fourth-order valence-electron chi connectivity index (χ4n) is 3.10. The van der Waals surface area contributed by atoms with E-state index in [2.05, 4.69) is 21.2 Å². The van der Waals surface area contributed by atoms with Gasteiger partial charge in [0.25, 0.3) is 5.91 Å². The maximum Gasteiger partial charge on any atom is 0.375 e. The number of nitrogens with one attached hydrogen (secondary N) is 1. The molecule has 1 saturated carbocycles. The van der Waals surface area contributed by atoms with Crippen LogP contribution in [0.25, 0.3) is 11.0 Å². The highest BCUT2D eigenvalue weighted by Gasteiger charge is 2.21. The van der Waals surface area contributed by atoms with E-state index in [1.54, 1.807) is 13.0 Å². The Morgan fingerprint density at radius 3 is 2.79 bits per heavy atom. The molecule has 24 heavy (non-hydrogen) atoms. The van der Waals surface area contributed by atoms with Gasteiger partial charge in [0.15, 0.2) is 6.61 Å². The SMILES string of the molecule is Cc1c(C(=O)OCC(=O)NC2CCCCC2)oc2ccc(Br)cc12. The van der Waals surface area contributed by atoms with Crippen LogP contribution < -0.4 is 5.32 Å². The molecule has 3 rings (SSSR count). The summed E-state index contributed by atoms with van der Waals surface area (Å²) >= 11 is 3.40. The van der Waals surface area contributed by atoms with Gasteiger partial charge < -0.3 is 14.5 Å². The molecule has 0 atom stereocenters. The quantitative estimate of drug-likeness (QED) is 0.793. The molecule has 1 aliphatic rings. The number of amides is 1. The van der Waals surface area contributed by atoms with Gasteiger partial charge in [-0.05, 0) is 38.0 Å².